The fourth-order valence-electron chi connectivity index (χ4n) is 4.83. The monoisotopic (exact) mass is 489 g/mol. The topological polar surface area (TPSA) is 108 Å². The predicted molar refractivity (Wildman–Crippen MR) is 136 cm³/mol. The van der Waals surface area contributed by atoms with Crippen LogP contribution in [0.15, 0.2) is 48.7 Å². The summed E-state index contributed by atoms with van der Waals surface area (Å²) in [7, 11) is 0. The number of nitrogens with one attached hydrogen (secondary N) is 1. The van der Waals surface area contributed by atoms with E-state index in [1.54, 1.807) is 30.5 Å². The van der Waals surface area contributed by atoms with Crippen molar-refractivity contribution in [1.29, 1.82) is 0 Å². The van der Waals surface area contributed by atoms with Crippen molar-refractivity contribution >= 4 is 28.5 Å². The molecule has 2 N–H and O–H groups in total. The number of hydrogen-bond acceptors (Lipinski definition) is 7. The summed E-state index contributed by atoms with van der Waals surface area (Å²) in [5.74, 6) is 0.581. The first-order chi connectivity index (χ1) is 17.4. The Hall–Kier alpha value is -3.72. The Bertz CT molecular complexity index is 1260. The van der Waals surface area contributed by atoms with E-state index in [9.17, 15) is 14.7 Å². The van der Waals surface area contributed by atoms with Crippen LogP contribution in [0.25, 0.3) is 11.0 Å². The summed E-state index contributed by atoms with van der Waals surface area (Å²) in [4.78, 5) is 37.3. The smallest absolute Gasteiger partial charge is 0.251 e. The molecule has 2 saturated heterocycles. The molecule has 0 aliphatic carbocycles. The first kappa shape index (κ1) is 24.0. The molecule has 5 rings (SSSR count). The maximum Gasteiger partial charge on any atom is 0.251 e. The van der Waals surface area contributed by atoms with E-state index in [1.165, 1.54) is 0 Å². The lowest BCUT2D eigenvalue weighted by Crippen LogP contribution is -2.45. The Balaban J connectivity index is 1.14. The van der Waals surface area contributed by atoms with Crippen molar-refractivity contribution in [3.63, 3.8) is 0 Å². The van der Waals surface area contributed by atoms with Gasteiger partial charge in [-0.15, -0.1) is 0 Å². The molecule has 0 radical (unpaired) electrons. The van der Waals surface area contributed by atoms with Gasteiger partial charge in [0.1, 0.15) is 23.5 Å². The molecule has 9 nitrogen and oxygen atoms in total. The highest BCUT2D eigenvalue weighted by atomic mass is 16.5. The van der Waals surface area contributed by atoms with Gasteiger partial charge in [0, 0.05) is 50.1 Å². The number of hydrogen-bond donors (Lipinski definition) is 2. The summed E-state index contributed by atoms with van der Waals surface area (Å²) in [5.41, 5.74) is 2.95. The summed E-state index contributed by atoms with van der Waals surface area (Å²) in [6.07, 6.45) is 3.82. The van der Waals surface area contributed by atoms with Crippen LogP contribution in [0.5, 0.6) is 5.75 Å². The Labute approximate surface area is 210 Å². The van der Waals surface area contributed by atoms with E-state index in [1.807, 2.05) is 30.0 Å². The minimum atomic E-state index is -1.04. The van der Waals surface area contributed by atoms with Gasteiger partial charge in [-0.25, -0.2) is 4.98 Å². The highest BCUT2D eigenvalue weighted by Crippen LogP contribution is 2.30. The van der Waals surface area contributed by atoms with Gasteiger partial charge in [-0.1, -0.05) is 0 Å². The maximum atomic E-state index is 12.7. The lowest BCUT2D eigenvalue weighted by molar-refractivity contribution is -0.128. The second-order valence-electron chi connectivity index (χ2n) is 9.59. The van der Waals surface area contributed by atoms with E-state index in [-0.39, 0.29) is 18.4 Å². The molecule has 1 aromatic carbocycles. The maximum absolute atomic E-state index is 12.7. The molecule has 2 amide bonds. The van der Waals surface area contributed by atoms with E-state index >= 15 is 0 Å². The Morgan fingerprint density at radius 3 is 2.78 bits per heavy atom. The third kappa shape index (κ3) is 5.26. The van der Waals surface area contributed by atoms with Crippen LogP contribution < -0.4 is 15.0 Å². The van der Waals surface area contributed by atoms with Crippen LogP contribution >= 0.6 is 0 Å². The number of carbonyl (C=O) groups excluding carboxylic acids is 2. The highest BCUT2D eigenvalue weighted by Gasteiger charge is 2.37. The molecule has 9 heteroatoms. The van der Waals surface area contributed by atoms with E-state index < -0.39 is 5.60 Å². The number of β-amino-alcohol motifs (C(OH)–C–C–N with tert-alkyl or cyclic N) is 1. The van der Waals surface area contributed by atoms with Crippen LogP contribution in [-0.4, -0.2) is 76.7 Å². The molecule has 188 valence electrons. The standard InChI is InChI=1S/C27H31N5O4/c1-19-4-9-22-25(30-19)23(10-12-28-22)32-14-11-27(35,18-32)17-29-26(34)20-5-7-21(8-6-20)36-16-15-31-13-2-3-24(31)33/h4-10,12,35H,2-3,11,13-18H2,1H3,(H,29,34)/t27-/m0/s1. The lowest BCUT2D eigenvalue weighted by Gasteiger charge is -2.25. The van der Waals surface area contributed by atoms with Crippen LogP contribution in [0.3, 0.4) is 0 Å². The zero-order valence-corrected chi connectivity index (χ0v) is 20.4. The average Bonchev–Trinajstić information content (AvgIpc) is 3.48. The first-order valence-electron chi connectivity index (χ1n) is 12.4. The number of anilines is 1. The SMILES string of the molecule is Cc1ccc2nccc(N3CC[C@](O)(CNC(=O)c4ccc(OCCN5CCCC5=O)cc4)C3)c2n1. The minimum absolute atomic E-state index is 0.153. The second kappa shape index (κ2) is 10.1. The Morgan fingerprint density at radius 2 is 2.00 bits per heavy atom. The normalized spacial score (nSPS) is 19.8. The van der Waals surface area contributed by atoms with Crippen LogP contribution in [0, 0.1) is 6.92 Å². The molecule has 0 bridgehead atoms. The number of amides is 2. The third-order valence-corrected chi connectivity index (χ3v) is 6.87. The second-order valence-corrected chi connectivity index (χ2v) is 9.59. The summed E-state index contributed by atoms with van der Waals surface area (Å²) >= 11 is 0. The molecule has 1 atom stereocenters. The summed E-state index contributed by atoms with van der Waals surface area (Å²) in [5, 5.41) is 14.0. The number of rotatable bonds is 8. The molecule has 3 aromatic rings. The van der Waals surface area contributed by atoms with Crippen molar-refractivity contribution in [2.45, 2.75) is 31.8 Å². The molecule has 36 heavy (non-hydrogen) atoms. The van der Waals surface area contributed by atoms with Crippen molar-refractivity contribution < 1.29 is 19.4 Å². The van der Waals surface area contributed by atoms with Crippen LogP contribution in [-0.2, 0) is 4.79 Å². The number of nitrogens with zero attached hydrogens (tertiary/aromatic N) is 4. The number of aryl methyl sites for hydroxylation is 1. The van der Waals surface area contributed by atoms with Gasteiger partial charge in [0.2, 0.25) is 5.91 Å². The van der Waals surface area contributed by atoms with E-state index in [0.29, 0.717) is 50.4 Å². The molecule has 0 spiro atoms. The van der Waals surface area contributed by atoms with Crippen molar-refractivity contribution in [2.75, 3.05) is 44.2 Å². The van der Waals surface area contributed by atoms with Crippen LogP contribution in [0.1, 0.15) is 35.3 Å². The number of aromatic nitrogens is 2. The van der Waals surface area contributed by atoms with Gasteiger partial charge < -0.3 is 25.0 Å². The quantitative estimate of drug-likeness (QED) is 0.500. The zero-order valence-electron chi connectivity index (χ0n) is 20.4. The van der Waals surface area contributed by atoms with Gasteiger partial charge in [0.15, 0.2) is 0 Å². The van der Waals surface area contributed by atoms with E-state index in [4.69, 9.17) is 4.74 Å². The fourth-order valence-corrected chi connectivity index (χ4v) is 4.83. The van der Waals surface area contributed by atoms with Gasteiger partial charge in [-0.05, 0) is 62.2 Å². The lowest BCUT2D eigenvalue weighted by atomic mass is 10.0. The van der Waals surface area contributed by atoms with Gasteiger partial charge in [-0.2, -0.15) is 0 Å². The number of benzene rings is 1. The van der Waals surface area contributed by atoms with Gasteiger partial charge >= 0.3 is 0 Å². The number of likely N-dealkylation sites (tertiary alicyclic amines) is 1. The van der Waals surface area contributed by atoms with Crippen molar-refractivity contribution in [3.8, 4) is 5.75 Å². The largest absolute Gasteiger partial charge is 0.492 e. The molecule has 0 unspecified atom stereocenters. The predicted octanol–water partition coefficient (Wildman–Crippen LogP) is 2.31. The summed E-state index contributed by atoms with van der Waals surface area (Å²) in [6, 6.07) is 12.7. The number of carbonyl (C=O) groups is 2. The molecule has 2 aliphatic rings. The highest BCUT2D eigenvalue weighted by molar-refractivity contribution is 5.94. The van der Waals surface area contributed by atoms with Gasteiger partial charge in [0.25, 0.3) is 5.91 Å². The number of fused-ring (bicyclic) bond motifs is 1. The van der Waals surface area contributed by atoms with Gasteiger partial charge in [-0.3, -0.25) is 14.6 Å². The first-order valence-corrected chi connectivity index (χ1v) is 12.4. The van der Waals surface area contributed by atoms with Crippen molar-refractivity contribution in [1.82, 2.24) is 20.2 Å². The van der Waals surface area contributed by atoms with Gasteiger partial charge in [0.05, 0.1) is 17.7 Å². The number of pyridine rings is 2. The van der Waals surface area contributed by atoms with E-state index in [0.717, 1.165) is 35.4 Å². The van der Waals surface area contributed by atoms with E-state index in [2.05, 4.69) is 20.2 Å². The van der Waals surface area contributed by atoms with Crippen molar-refractivity contribution in [3.05, 3.63) is 59.9 Å². The third-order valence-electron chi connectivity index (χ3n) is 6.87. The Kier molecular flexibility index (Phi) is 6.73. The molecule has 4 heterocycles. The zero-order chi connectivity index (χ0) is 25.1. The molecular formula is C27H31N5O4. The molecular weight excluding hydrogens is 458 g/mol. The average molecular weight is 490 g/mol. The molecule has 2 aliphatic heterocycles. The number of ether oxygens (including phenoxy) is 1. The fraction of sp³-hybridized carbons (Fsp3) is 0.407. The Morgan fingerprint density at radius 1 is 1.17 bits per heavy atom. The molecule has 0 saturated carbocycles. The summed E-state index contributed by atoms with van der Waals surface area (Å²) in [6.45, 7) is 4.94. The van der Waals surface area contributed by atoms with Crippen LogP contribution in [0.2, 0.25) is 0 Å². The van der Waals surface area contributed by atoms with Crippen LogP contribution in [0.4, 0.5) is 5.69 Å². The molecule has 2 fully saturated rings. The van der Waals surface area contributed by atoms with Crippen molar-refractivity contribution in [2.24, 2.45) is 0 Å². The minimum Gasteiger partial charge on any atom is -0.492 e. The number of aliphatic hydroxyl groups is 1. The summed E-state index contributed by atoms with van der Waals surface area (Å²) < 4.78 is 5.72. The molecule has 2 aromatic heterocycles.